The molecule has 0 saturated heterocycles. The molecule has 2 spiro atoms. The molecule has 3 aliphatic rings. The molecule has 2 aliphatic carbocycles. The third-order valence-corrected chi connectivity index (χ3v) is 6.60. The molecule has 1 saturated carbocycles. The zero-order valence-electron chi connectivity index (χ0n) is 15.3. The molecule has 0 bridgehead atoms. The fourth-order valence-corrected chi connectivity index (χ4v) is 5.28. The van der Waals surface area contributed by atoms with E-state index in [1.165, 1.54) is 5.56 Å². The highest BCUT2D eigenvalue weighted by Gasteiger charge is 2.66. The molecule has 1 aromatic carbocycles. The smallest absolute Gasteiger partial charge is 0.262 e. The van der Waals surface area contributed by atoms with Gasteiger partial charge >= 0.3 is 0 Å². The summed E-state index contributed by atoms with van der Waals surface area (Å²) in [5, 5.41) is 0. The number of fused-ring (bicyclic) bond motifs is 3. The molecule has 5 nitrogen and oxygen atoms in total. The van der Waals surface area contributed by atoms with Gasteiger partial charge in [-0.25, -0.2) is 4.99 Å². The van der Waals surface area contributed by atoms with Gasteiger partial charge in [-0.2, -0.15) is 0 Å². The van der Waals surface area contributed by atoms with Gasteiger partial charge in [0.25, 0.3) is 5.91 Å². The maximum atomic E-state index is 13.6. The van der Waals surface area contributed by atoms with Crippen LogP contribution in [0.2, 0.25) is 0 Å². The number of ether oxygens (including phenoxy) is 1. The van der Waals surface area contributed by atoms with Crippen molar-refractivity contribution in [1.29, 1.82) is 0 Å². The van der Waals surface area contributed by atoms with Gasteiger partial charge in [0.1, 0.15) is 0 Å². The minimum absolute atomic E-state index is 0.0627. The molecule has 2 N–H and O–H groups in total. The lowest BCUT2D eigenvalue weighted by Crippen LogP contribution is -2.52. The van der Waals surface area contributed by atoms with E-state index in [1.54, 1.807) is 12.0 Å². The average molecular weight is 341 g/mol. The number of rotatable bonds is 2. The van der Waals surface area contributed by atoms with E-state index in [9.17, 15) is 4.79 Å². The zero-order chi connectivity index (χ0) is 17.8. The van der Waals surface area contributed by atoms with Gasteiger partial charge < -0.3 is 10.5 Å². The van der Waals surface area contributed by atoms with Crippen LogP contribution < -0.4 is 5.73 Å². The molecular weight excluding hydrogens is 314 g/mol. The van der Waals surface area contributed by atoms with Gasteiger partial charge in [0.2, 0.25) is 0 Å². The summed E-state index contributed by atoms with van der Waals surface area (Å²) in [5.41, 5.74) is 8.68. The van der Waals surface area contributed by atoms with Crippen LogP contribution in [0.15, 0.2) is 23.2 Å². The number of carbonyl (C=O) groups excluding carboxylic acids is 1. The first-order valence-electron chi connectivity index (χ1n) is 9.27. The largest absolute Gasteiger partial charge is 0.381 e. The lowest BCUT2D eigenvalue weighted by molar-refractivity contribution is -0.138. The van der Waals surface area contributed by atoms with Crippen LogP contribution in [-0.4, -0.2) is 36.5 Å². The van der Waals surface area contributed by atoms with Crippen molar-refractivity contribution in [2.24, 2.45) is 16.1 Å². The van der Waals surface area contributed by atoms with Crippen LogP contribution >= 0.6 is 0 Å². The Morgan fingerprint density at radius 3 is 2.68 bits per heavy atom. The predicted molar refractivity (Wildman–Crippen MR) is 97.3 cm³/mol. The topological polar surface area (TPSA) is 67.9 Å². The molecular formula is C20H27N3O2. The highest BCUT2D eigenvalue weighted by Crippen LogP contribution is 2.61. The predicted octanol–water partition coefficient (Wildman–Crippen LogP) is 2.50. The van der Waals surface area contributed by atoms with Crippen LogP contribution in [-0.2, 0) is 21.5 Å². The number of nitrogens with zero attached hydrogens (tertiary/aromatic N) is 2. The molecule has 25 heavy (non-hydrogen) atoms. The number of methoxy groups -OCH3 is 1. The minimum atomic E-state index is -0.840. The Balaban J connectivity index is 1.88. The van der Waals surface area contributed by atoms with Gasteiger partial charge in [0, 0.05) is 19.1 Å². The Hall–Kier alpha value is -1.88. The molecule has 1 aliphatic heterocycles. The summed E-state index contributed by atoms with van der Waals surface area (Å²) < 4.78 is 5.58. The van der Waals surface area contributed by atoms with E-state index < -0.39 is 5.54 Å². The van der Waals surface area contributed by atoms with E-state index in [0.717, 1.165) is 43.2 Å². The second kappa shape index (κ2) is 5.56. The van der Waals surface area contributed by atoms with Crippen LogP contribution in [0, 0.1) is 12.3 Å². The molecule has 0 aromatic heterocycles. The average Bonchev–Trinajstić information content (AvgIpc) is 3.02. The van der Waals surface area contributed by atoms with E-state index >= 15 is 0 Å². The number of amides is 1. The van der Waals surface area contributed by atoms with Crippen molar-refractivity contribution in [1.82, 2.24) is 4.90 Å². The normalized spacial score (nSPS) is 34.0. The van der Waals surface area contributed by atoms with E-state index in [2.05, 4.69) is 25.1 Å². The fraction of sp³-hybridized carbons (Fsp3) is 0.600. The summed E-state index contributed by atoms with van der Waals surface area (Å²) in [6.45, 7) is 4.60. The highest BCUT2D eigenvalue weighted by atomic mass is 16.5. The second-order valence-electron chi connectivity index (χ2n) is 7.78. The zero-order valence-corrected chi connectivity index (χ0v) is 15.3. The third kappa shape index (κ3) is 2.05. The van der Waals surface area contributed by atoms with Gasteiger partial charge in [0.05, 0.1) is 6.10 Å². The van der Waals surface area contributed by atoms with Crippen molar-refractivity contribution in [3.05, 3.63) is 34.9 Å². The maximum absolute atomic E-state index is 13.6. The van der Waals surface area contributed by atoms with Crippen LogP contribution in [0.3, 0.4) is 0 Å². The SMILES string of the molecule is CCN1C(=O)C2(N=C1N)c1cc(C)ccc1CC21CCC(OC)CC1. The molecule has 1 heterocycles. The number of hydrogen-bond acceptors (Lipinski definition) is 4. The molecule has 1 unspecified atom stereocenters. The lowest BCUT2D eigenvalue weighted by atomic mass is 9.61. The summed E-state index contributed by atoms with van der Waals surface area (Å²) in [7, 11) is 1.78. The summed E-state index contributed by atoms with van der Waals surface area (Å²) >= 11 is 0. The lowest BCUT2D eigenvalue weighted by Gasteiger charge is -2.45. The van der Waals surface area contributed by atoms with E-state index in [-0.39, 0.29) is 17.4 Å². The fourth-order valence-electron chi connectivity index (χ4n) is 5.28. The molecule has 1 atom stereocenters. The van der Waals surface area contributed by atoms with Gasteiger partial charge in [0.15, 0.2) is 11.5 Å². The van der Waals surface area contributed by atoms with Gasteiger partial charge in [-0.05, 0) is 57.1 Å². The van der Waals surface area contributed by atoms with Crippen LogP contribution in [0.1, 0.15) is 49.3 Å². The molecule has 134 valence electrons. The molecule has 4 rings (SSSR count). The molecule has 0 radical (unpaired) electrons. The summed E-state index contributed by atoms with van der Waals surface area (Å²) in [4.78, 5) is 20.1. The van der Waals surface area contributed by atoms with E-state index in [4.69, 9.17) is 15.5 Å². The summed E-state index contributed by atoms with van der Waals surface area (Å²) in [6.07, 6.45) is 5.02. The second-order valence-corrected chi connectivity index (χ2v) is 7.78. The number of nitrogens with two attached hydrogens (primary N) is 1. The van der Waals surface area contributed by atoms with Crippen molar-refractivity contribution in [3.8, 4) is 0 Å². The summed E-state index contributed by atoms with van der Waals surface area (Å²) in [5.74, 6) is 0.433. The Bertz CT molecular complexity index is 749. The Labute approximate surface area is 149 Å². The maximum Gasteiger partial charge on any atom is 0.262 e. The number of guanidine groups is 1. The Kier molecular flexibility index (Phi) is 3.69. The van der Waals surface area contributed by atoms with Crippen LogP contribution in [0.5, 0.6) is 0 Å². The molecule has 1 amide bonds. The van der Waals surface area contributed by atoms with Crippen molar-refractivity contribution in [2.75, 3.05) is 13.7 Å². The van der Waals surface area contributed by atoms with Gasteiger partial charge in [-0.3, -0.25) is 9.69 Å². The molecule has 5 heteroatoms. The Morgan fingerprint density at radius 1 is 1.36 bits per heavy atom. The van der Waals surface area contributed by atoms with E-state index in [0.29, 0.717) is 12.5 Å². The van der Waals surface area contributed by atoms with E-state index in [1.807, 2.05) is 6.92 Å². The van der Waals surface area contributed by atoms with Gasteiger partial charge in [-0.15, -0.1) is 0 Å². The first-order valence-corrected chi connectivity index (χ1v) is 9.27. The number of carbonyl (C=O) groups is 1. The summed E-state index contributed by atoms with van der Waals surface area (Å²) in [6, 6.07) is 6.47. The number of likely N-dealkylation sites (N-methyl/N-ethyl adjacent to an activating group) is 1. The molecule has 1 aromatic rings. The quantitative estimate of drug-likeness (QED) is 0.899. The van der Waals surface area contributed by atoms with Crippen molar-refractivity contribution >= 4 is 11.9 Å². The highest BCUT2D eigenvalue weighted by molar-refractivity contribution is 6.08. The van der Waals surface area contributed by atoms with Gasteiger partial charge in [-0.1, -0.05) is 23.8 Å². The van der Waals surface area contributed by atoms with Crippen molar-refractivity contribution < 1.29 is 9.53 Å². The standard InChI is InChI=1S/C20H27N3O2/c1-4-23-17(24)20(22-18(23)21)16-11-13(2)5-6-14(16)12-19(20)9-7-15(25-3)8-10-19/h5-6,11,15H,4,7-10,12H2,1-3H3,(H2,21,22). The van der Waals surface area contributed by atoms with Crippen molar-refractivity contribution in [2.45, 2.75) is 57.6 Å². The van der Waals surface area contributed by atoms with Crippen molar-refractivity contribution in [3.63, 3.8) is 0 Å². The minimum Gasteiger partial charge on any atom is -0.381 e. The number of benzene rings is 1. The number of hydrogen-bond donors (Lipinski definition) is 1. The Morgan fingerprint density at radius 2 is 2.08 bits per heavy atom. The third-order valence-electron chi connectivity index (χ3n) is 6.60. The van der Waals surface area contributed by atoms with Crippen LogP contribution in [0.4, 0.5) is 0 Å². The monoisotopic (exact) mass is 341 g/mol. The number of aliphatic imine (C=N–C) groups is 1. The first kappa shape index (κ1) is 16.6. The number of aryl methyl sites for hydroxylation is 1. The first-order chi connectivity index (χ1) is 12.0. The van der Waals surface area contributed by atoms with Crippen LogP contribution in [0.25, 0.3) is 0 Å². The molecule has 1 fully saturated rings.